The average molecular weight is 499 g/mol. The average Bonchev–Trinajstić information content (AvgIpc) is 3.11. The first-order chi connectivity index (χ1) is 12.8. The molecule has 0 unspecified atom stereocenters. The number of methoxy groups -OCH3 is 2. The van der Waals surface area contributed by atoms with Crippen molar-refractivity contribution in [3.63, 3.8) is 0 Å². The number of aromatic amines is 1. The summed E-state index contributed by atoms with van der Waals surface area (Å²) in [4.78, 5) is 22.6. The van der Waals surface area contributed by atoms with E-state index < -0.39 is 5.97 Å². The van der Waals surface area contributed by atoms with E-state index in [2.05, 4.69) is 51.5 Å². The largest absolute Gasteiger partial charge is 0.465 e. The lowest BCUT2D eigenvalue weighted by Crippen LogP contribution is -2.06. The summed E-state index contributed by atoms with van der Waals surface area (Å²) in [5.74, 6) is -0.789. The number of carbonyl (C=O) groups is 2. The van der Waals surface area contributed by atoms with Crippen molar-refractivity contribution in [3.05, 3.63) is 56.1 Å². The van der Waals surface area contributed by atoms with E-state index in [1.54, 1.807) is 18.3 Å². The minimum absolute atomic E-state index is 0.374. The Morgan fingerprint density at radius 2 is 1.56 bits per heavy atom. The maximum atomic E-state index is 11.4. The number of anilines is 1. The maximum absolute atomic E-state index is 11.4. The highest BCUT2D eigenvalue weighted by Gasteiger charge is 2.13. The van der Waals surface area contributed by atoms with Crippen molar-refractivity contribution in [1.82, 2.24) is 10.2 Å². The van der Waals surface area contributed by atoms with Crippen LogP contribution in [0.15, 0.2) is 39.4 Å². The fourth-order valence-corrected chi connectivity index (χ4v) is 3.37. The molecule has 0 aliphatic carbocycles. The number of nitrogens with two attached hydrogens (primary N) is 1. The van der Waals surface area contributed by atoms with Gasteiger partial charge in [-0.3, -0.25) is 5.10 Å². The third-order valence-corrected chi connectivity index (χ3v) is 4.59. The lowest BCUT2D eigenvalue weighted by atomic mass is 10.1. The van der Waals surface area contributed by atoms with E-state index in [-0.39, 0.29) is 5.97 Å². The number of benzene rings is 2. The Balaban J connectivity index is 0.000000194. The molecule has 0 aliphatic heterocycles. The molecule has 0 atom stereocenters. The number of nitrogens with one attached hydrogen (secondary N) is 1. The van der Waals surface area contributed by atoms with Crippen LogP contribution in [-0.4, -0.2) is 36.4 Å². The van der Waals surface area contributed by atoms with Crippen molar-refractivity contribution in [2.45, 2.75) is 6.92 Å². The van der Waals surface area contributed by atoms with Gasteiger partial charge in [-0.15, -0.1) is 0 Å². The number of rotatable bonds is 2. The molecule has 27 heavy (non-hydrogen) atoms. The second-order valence-electron chi connectivity index (χ2n) is 5.45. The normalized spacial score (nSPS) is 10.1. The number of nitrogen functional groups attached to an aromatic ring is 1. The number of esters is 2. The number of hydrogen-bond acceptors (Lipinski definition) is 6. The van der Waals surface area contributed by atoms with E-state index in [4.69, 9.17) is 5.73 Å². The SMILES string of the molecule is COC(=O)c1cc(Br)cc(C)c1N.COC(=O)c1cc(Br)cc2cn[nH]c12. The van der Waals surface area contributed by atoms with Gasteiger partial charge in [-0.1, -0.05) is 31.9 Å². The molecular weight excluding hydrogens is 482 g/mol. The molecule has 7 nitrogen and oxygen atoms in total. The monoisotopic (exact) mass is 497 g/mol. The van der Waals surface area contributed by atoms with Crippen LogP contribution in [0.4, 0.5) is 5.69 Å². The highest BCUT2D eigenvalue weighted by atomic mass is 79.9. The molecule has 142 valence electrons. The topological polar surface area (TPSA) is 107 Å². The van der Waals surface area contributed by atoms with E-state index >= 15 is 0 Å². The number of carbonyl (C=O) groups excluding carboxylic acids is 2. The Hall–Kier alpha value is -2.39. The Bertz CT molecular complexity index is 1000. The lowest BCUT2D eigenvalue weighted by Gasteiger charge is -2.06. The summed E-state index contributed by atoms with van der Waals surface area (Å²) < 4.78 is 10.9. The molecule has 1 aromatic heterocycles. The van der Waals surface area contributed by atoms with Crippen LogP contribution in [0.1, 0.15) is 26.3 Å². The molecule has 0 radical (unpaired) electrons. The van der Waals surface area contributed by atoms with Gasteiger partial charge in [-0.05, 0) is 36.8 Å². The van der Waals surface area contributed by atoms with E-state index in [9.17, 15) is 9.59 Å². The Morgan fingerprint density at radius 1 is 1.00 bits per heavy atom. The highest BCUT2D eigenvalue weighted by molar-refractivity contribution is 9.10. The predicted octanol–water partition coefficient (Wildman–Crippen LogP) is 4.24. The van der Waals surface area contributed by atoms with Gasteiger partial charge in [0.15, 0.2) is 0 Å². The molecular formula is C18H17Br2N3O4. The molecule has 0 spiro atoms. The van der Waals surface area contributed by atoms with Gasteiger partial charge >= 0.3 is 11.9 Å². The first-order valence-corrected chi connectivity index (χ1v) is 9.22. The standard InChI is InChI=1S/C9H7BrN2O2.C9H10BrNO2/c1-14-9(13)7-3-6(10)2-5-4-11-12-8(5)7;1-5-3-6(10)4-7(8(5)11)9(12)13-2/h2-4H,1H3,(H,11,12);3-4H,11H2,1-2H3. The number of ether oxygens (including phenoxy) is 2. The molecule has 0 aliphatic rings. The van der Waals surface area contributed by atoms with Gasteiger partial charge in [0.1, 0.15) is 0 Å². The second kappa shape index (κ2) is 9.01. The van der Waals surface area contributed by atoms with Crippen LogP contribution < -0.4 is 5.73 Å². The maximum Gasteiger partial charge on any atom is 0.340 e. The molecule has 3 aromatic rings. The van der Waals surface area contributed by atoms with Crippen LogP contribution in [0.25, 0.3) is 10.9 Å². The zero-order valence-electron chi connectivity index (χ0n) is 14.8. The minimum Gasteiger partial charge on any atom is -0.465 e. The second-order valence-corrected chi connectivity index (χ2v) is 7.29. The van der Waals surface area contributed by atoms with Crippen molar-refractivity contribution in [1.29, 1.82) is 0 Å². The smallest absolute Gasteiger partial charge is 0.340 e. The molecule has 3 N–H and O–H groups in total. The summed E-state index contributed by atoms with van der Waals surface area (Å²) in [6.07, 6.45) is 1.66. The van der Waals surface area contributed by atoms with Crippen molar-refractivity contribution >= 4 is 60.4 Å². The molecule has 0 amide bonds. The fraction of sp³-hybridized carbons (Fsp3) is 0.167. The Kier molecular flexibility index (Phi) is 6.98. The van der Waals surface area contributed by atoms with Crippen molar-refractivity contribution in [2.75, 3.05) is 20.0 Å². The third-order valence-electron chi connectivity index (χ3n) is 3.68. The quantitative estimate of drug-likeness (QED) is 0.404. The summed E-state index contributed by atoms with van der Waals surface area (Å²) in [6.45, 7) is 1.84. The number of aryl methyl sites for hydroxylation is 1. The summed E-state index contributed by atoms with van der Waals surface area (Å²) >= 11 is 6.60. The third kappa shape index (κ3) is 4.86. The van der Waals surface area contributed by atoms with Crippen molar-refractivity contribution < 1.29 is 19.1 Å². The van der Waals surface area contributed by atoms with Crippen LogP contribution in [0.2, 0.25) is 0 Å². The molecule has 9 heteroatoms. The van der Waals surface area contributed by atoms with E-state index in [0.717, 1.165) is 19.9 Å². The van der Waals surface area contributed by atoms with Crippen molar-refractivity contribution in [3.8, 4) is 0 Å². The van der Waals surface area contributed by atoms with Gasteiger partial charge in [-0.25, -0.2) is 9.59 Å². The Labute approximate surface area is 172 Å². The minimum atomic E-state index is -0.415. The molecule has 2 aromatic carbocycles. The molecule has 0 bridgehead atoms. The lowest BCUT2D eigenvalue weighted by molar-refractivity contribution is 0.0593. The molecule has 1 heterocycles. The number of nitrogens with zero attached hydrogens (tertiary/aromatic N) is 1. The summed E-state index contributed by atoms with van der Waals surface area (Å²) in [6, 6.07) is 7.08. The van der Waals surface area contributed by atoms with Crippen LogP contribution in [0.3, 0.4) is 0 Å². The molecule has 0 fully saturated rings. The summed E-state index contributed by atoms with van der Waals surface area (Å²) in [7, 11) is 2.68. The van der Waals surface area contributed by atoms with Gasteiger partial charge in [0.25, 0.3) is 0 Å². The van der Waals surface area contributed by atoms with E-state index in [1.807, 2.05) is 19.1 Å². The number of halogens is 2. The Morgan fingerprint density at radius 3 is 2.19 bits per heavy atom. The van der Waals surface area contributed by atoms with Crippen LogP contribution >= 0.6 is 31.9 Å². The van der Waals surface area contributed by atoms with Gasteiger partial charge in [0.2, 0.25) is 0 Å². The number of H-pyrrole nitrogens is 1. The molecule has 0 saturated carbocycles. The first kappa shape index (κ1) is 20.9. The van der Waals surface area contributed by atoms with Crippen LogP contribution in [-0.2, 0) is 9.47 Å². The number of hydrogen-bond donors (Lipinski definition) is 2. The molecule has 0 saturated heterocycles. The summed E-state index contributed by atoms with van der Waals surface area (Å²) in [5, 5.41) is 7.50. The van der Waals surface area contributed by atoms with Crippen LogP contribution in [0, 0.1) is 6.92 Å². The van der Waals surface area contributed by atoms with E-state index in [1.165, 1.54) is 14.2 Å². The van der Waals surface area contributed by atoms with Crippen LogP contribution in [0.5, 0.6) is 0 Å². The first-order valence-electron chi connectivity index (χ1n) is 7.63. The van der Waals surface area contributed by atoms with Gasteiger partial charge in [-0.2, -0.15) is 5.10 Å². The summed E-state index contributed by atoms with van der Waals surface area (Å²) in [5.41, 5.74) is 8.60. The zero-order valence-corrected chi connectivity index (χ0v) is 18.0. The highest BCUT2D eigenvalue weighted by Crippen LogP contribution is 2.24. The van der Waals surface area contributed by atoms with Gasteiger partial charge in [0, 0.05) is 20.0 Å². The fourth-order valence-electron chi connectivity index (χ4n) is 2.32. The predicted molar refractivity (Wildman–Crippen MR) is 110 cm³/mol. The van der Waals surface area contributed by atoms with E-state index in [0.29, 0.717) is 22.3 Å². The zero-order chi connectivity index (χ0) is 20.1. The number of fused-ring (bicyclic) bond motifs is 1. The number of aromatic nitrogens is 2. The van der Waals surface area contributed by atoms with Gasteiger partial charge < -0.3 is 15.2 Å². The van der Waals surface area contributed by atoms with Gasteiger partial charge in [0.05, 0.1) is 37.1 Å². The molecule has 3 rings (SSSR count). The van der Waals surface area contributed by atoms with Crippen molar-refractivity contribution in [2.24, 2.45) is 0 Å².